The Morgan fingerprint density at radius 1 is 1.35 bits per heavy atom. The smallest absolute Gasteiger partial charge is 0.225 e. The van der Waals surface area contributed by atoms with Gasteiger partial charge in [0.2, 0.25) is 15.9 Å². The zero-order valence-electron chi connectivity index (χ0n) is 10.2. The van der Waals surface area contributed by atoms with Crippen molar-refractivity contribution in [2.24, 2.45) is 11.8 Å². The lowest BCUT2D eigenvalue weighted by atomic mass is 9.98. The number of likely N-dealkylation sites (tertiary alicyclic amines) is 1. The van der Waals surface area contributed by atoms with Gasteiger partial charge in [0.25, 0.3) is 0 Å². The van der Waals surface area contributed by atoms with Gasteiger partial charge in [-0.25, -0.2) is 13.1 Å². The highest BCUT2D eigenvalue weighted by Gasteiger charge is 2.35. The van der Waals surface area contributed by atoms with E-state index in [1.165, 1.54) is 6.26 Å². The van der Waals surface area contributed by atoms with Gasteiger partial charge in [-0.3, -0.25) is 4.79 Å². The first-order chi connectivity index (χ1) is 7.96. The van der Waals surface area contributed by atoms with Crippen molar-refractivity contribution in [2.75, 3.05) is 25.9 Å². The molecule has 1 aliphatic carbocycles. The van der Waals surface area contributed by atoms with Crippen molar-refractivity contribution in [1.29, 1.82) is 0 Å². The fourth-order valence-corrected chi connectivity index (χ4v) is 2.83. The van der Waals surface area contributed by atoms with Crippen molar-refractivity contribution < 1.29 is 13.2 Å². The van der Waals surface area contributed by atoms with Crippen LogP contribution in [0.4, 0.5) is 0 Å². The second kappa shape index (κ2) is 4.94. The molecule has 2 rings (SSSR count). The Hall–Kier alpha value is -0.620. The van der Waals surface area contributed by atoms with Gasteiger partial charge in [0.05, 0.1) is 6.26 Å². The number of carbonyl (C=O) groups excluding carboxylic acids is 1. The van der Waals surface area contributed by atoms with Crippen LogP contribution in [0.25, 0.3) is 0 Å². The molecule has 2 fully saturated rings. The minimum atomic E-state index is -3.12. The molecule has 1 aliphatic heterocycles. The minimum absolute atomic E-state index is 0.261. The van der Waals surface area contributed by atoms with Crippen LogP contribution < -0.4 is 4.72 Å². The van der Waals surface area contributed by atoms with Gasteiger partial charge in [0.15, 0.2) is 0 Å². The molecule has 0 aromatic heterocycles. The van der Waals surface area contributed by atoms with Gasteiger partial charge in [-0.2, -0.15) is 0 Å². The molecule has 0 spiro atoms. The summed E-state index contributed by atoms with van der Waals surface area (Å²) in [6.07, 6.45) is 5.21. The second-order valence-corrected chi connectivity index (χ2v) is 7.02. The Bertz CT molecular complexity index is 390. The summed E-state index contributed by atoms with van der Waals surface area (Å²) in [4.78, 5) is 13.8. The molecule has 1 unspecified atom stereocenters. The number of nitrogens with one attached hydrogen (secondary N) is 1. The lowest BCUT2D eigenvalue weighted by Gasteiger charge is -2.32. The van der Waals surface area contributed by atoms with Crippen molar-refractivity contribution in [3.05, 3.63) is 0 Å². The molecule has 17 heavy (non-hydrogen) atoms. The number of nitrogens with zero attached hydrogens (tertiary/aromatic N) is 1. The Balaban J connectivity index is 1.82. The maximum absolute atomic E-state index is 11.9. The number of piperidine rings is 1. The number of carbonyl (C=O) groups is 1. The second-order valence-electron chi connectivity index (χ2n) is 5.19. The van der Waals surface area contributed by atoms with E-state index < -0.39 is 10.0 Å². The van der Waals surface area contributed by atoms with Crippen molar-refractivity contribution in [1.82, 2.24) is 9.62 Å². The molecule has 98 valence electrons. The summed E-state index contributed by atoms with van der Waals surface area (Å²) in [6, 6.07) is 0. The molecular weight excluding hydrogens is 240 g/mol. The van der Waals surface area contributed by atoms with Crippen LogP contribution in [0.5, 0.6) is 0 Å². The SMILES string of the molecule is CS(=O)(=O)NCC1CCCN(C(=O)C2CC2)C1. The summed E-state index contributed by atoms with van der Waals surface area (Å²) in [6.45, 7) is 2.00. The third-order valence-electron chi connectivity index (χ3n) is 3.39. The summed E-state index contributed by atoms with van der Waals surface area (Å²) in [5.74, 6) is 0.798. The number of hydrogen-bond acceptors (Lipinski definition) is 3. The van der Waals surface area contributed by atoms with Gasteiger partial charge in [-0.15, -0.1) is 0 Å². The molecule has 1 saturated heterocycles. The third-order valence-corrected chi connectivity index (χ3v) is 4.08. The predicted octanol–water partition coefficient (Wildman–Crippen LogP) is 0.184. The molecule has 0 aromatic rings. The molecule has 2 aliphatic rings. The molecule has 0 radical (unpaired) electrons. The van der Waals surface area contributed by atoms with Crippen molar-refractivity contribution >= 4 is 15.9 Å². The first-order valence-corrected chi connectivity index (χ1v) is 8.08. The van der Waals surface area contributed by atoms with Crippen LogP contribution in [0.15, 0.2) is 0 Å². The highest BCUT2D eigenvalue weighted by molar-refractivity contribution is 7.88. The number of sulfonamides is 1. The molecule has 0 bridgehead atoms. The van der Waals surface area contributed by atoms with Gasteiger partial charge in [0.1, 0.15) is 0 Å². The monoisotopic (exact) mass is 260 g/mol. The average Bonchev–Trinajstić information content (AvgIpc) is 3.09. The minimum Gasteiger partial charge on any atom is -0.342 e. The molecule has 1 amide bonds. The quantitative estimate of drug-likeness (QED) is 0.784. The van der Waals surface area contributed by atoms with Crippen LogP contribution in [0, 0.1) is 11.8 Å². The van der Waals surface area contributed by atoms with E-state index in [0.717, 1.165) is 32.2 Å². The van der Waals surface area contributed by atoms with E-state index in [9.17, 15) is 13.2 Å². The van der Waals surface area contributed by atoms with E-state index in [4.69, 9.17) is 0 Å². The fraction of sp³-hybridized carbons (Fsp3) is 0.909. The number of amides is 1. The summed E-state index contributed by atoms with van der Waals surface area (Å²) < 4.78 is 24.6. The van der Waals surface area contributed by atoms with Gasteiger partial charge < -0.3 is 4.90 Å². The molecule has 6 heteroatoms. The maximum atomic E-state index is 11.9. The highest BCUT2D eigenvalue weighted by Crippen LogP contribution is 2.32. The zero-order valence-corrected chi connectivity index (χ0v) is 11.0. The van der Waals surface area contributed by atoms with Crippen molar-refractivity contribution in [3.63, 3.8) is 0 Å². The van der Waals surface area contributed by atoms with Crippen molar-refractivity contribution in [3.8, 4) is 0 Å². The Kier molecular flexibility index (Phi) is 3.73. The molecule has 1 saturated carbocycles. The van der Waals surface area contributed by atoms with E-state index in [1.807, 2.05) is 4.90 Å². The molecule has 1 N–H and O–H groups in total. The Morgan fingerprint density at radius 2 is 2.06 bits per heavy atom. The largest absolute Gasteiger partial charge is 0.342 e. The van der Waals surface area contributed by atoms with E-state index in [1.54, 1.807) is 0 Å². The first kappa shape index (κ1) is 12.8. The summed E-state index contributed by atoms with van der Waals surface area (Å²) in [7, 11) is -3.12. The van der Waals surface area contributed by atoms with E-state index in [0.29, 0.717) is 13.1 Å². The standard InChI is InChI=1S/C11H20N2O3S/c1-17(15,16)12-7-9-3-2-6-13(8-9)11(14)10-4-5-10/h9-10,12H,2-8H2,1H3. The first-order valence-electron chi connectivity index (χ1n) is 6.19. The van der Waals surface area contributed by atoms with Crippen LogP contribution in [0.1, 0.15) is 25.7 Å². The molecule has 1 atom stereocenters. The molecule has 1 heterocycles. The lowest BCUT2D eigenvalue weighted by Crippen LogP contribution is -2.44. The Labute approximate surface area is 103 Å². The molecule has 0 aromatic carbocycles. The van der Waals surface area contributed by atoms with Crippen LogP contribution in [-0.2, 0) is 14.8 Å². The summed E-state index contributed by atoms with van der Waals surface area (Å²) in [5, 5.41) is 0. The topological polar surface area (TPSA) is 66.5 Å². The number of rotatable bonds is 4. The van der Waals surface area contributed by atoms with Gasteiger partial charge >= 0.3 is 0 Å². The van der Waals surface area contributed by atoms with Crippen LogP contribution in [-0.4, -0.2) is 45.1 Å². The van der Waals surface area contributed by atoms with Crippen molar-refractivity contribution in [2.45, 2.75) is 25.7 Å². The molecular formula is C11H20N2O3S. The third kappa shape index (κ3) is 3.96. The van der Waals surface area contributed by atoms with E-state index in [-0.39, 0.29) is 17.7 Å². The average molecular weight is 260 g/mol. The predicted molar refractivity (Wildman–Crippen MR) is 64.9 cm³/mol. The van der Waals surface area contributed by atoms with Crippen LogP contribution >= 0.6 is 0 Å². The Morgan fingerprint density at radius 3 is 2.65 bits per heavy atom. The van der Waals surface area contributed by atoms with Crippen LogP contribution in [0.2, 0.25) is 0 Å². The lowest BCUT2D eigenvalue weighted by molar-refractivity contribution is -0.134. The highest BCUT2D eigenvalue weighted by atomic mass is 32.2. The molecule has 5 nitrogen and oxygen atoms in total. The van der Waals surface area contributed by atoms with Gasteiger partial charge in [-0.05, 0) is 31.6 Å². The van der Waals surface area contributed by atoms with Gasteiger partial charge in [0, 0.05) is 25.6 Å². The fourth-order valence-electron chi connectivity index (χ4n) is 2.29. The van der Waals surface area contributed by atoms with E-state index >= 15 is 0 Å². The van der Waals surface area contributed by atoms with Gasteiger partial charge in [-0.1, -0.05) is 0 Å². The van der Waals surface area contributed by atoms with Crippen LogP contribution in [0.3, 0.4) is 0 Å². The normalized spacial score (nSPS) is 25.9. The zero-order chi connectivity index (χ0) is 12.5. The summed E-state index contributed by atoms with van der Waals surface area (Å²) >= 11 is 0. The number of hydrogen-bond donors (Lipinski definition) is 1. The van der Waals surface area contributed by atoms with E-state index in [2.05, 4.69) is 4.72 Å². The summed E-state index contributed by atoms with van der Waals surface area (Å²) in [5.41, 5.74) is 0. The maximum Gasteiger partial charge on any atom is 0.225 e.